The first-order valence-corrected chi connectivity index (χ1v) is 7.61. The SMILES string of the molecule is O=C(Nc1ccc(CN2CCOC2=O)cc1)c1cc(Cl)[nH]c(=O)c1. The molecule has 2 aromatic rings. The summed E-state index contributed by atoms with van der Waals surface area (Å²) in [6.45, 7) is 1.43. The lowest BCUT2D eigenvalue weighted by atomic mass is 10.2. The van der Waals surface area contributed by atoms with Crippen molar-refractivity contribution in [2.24, 2.45) is 0 Å². The minimum atomic E-state index is -0.444. The third-order valence-electron chi connectivity index (χ3n) is 3.50. The number of halogens is 1. The number of rotatable bonds is 4. The molecule has 1 aliphatic heterocycles. The van der Waals surface area contributed by atoms with Gasteiger partial charge in [-0.05, 0) is 23.8 Å². The topological polar surface area (TPSA) is 91.5 Å². The summed E-state index contributed by atoms with van der Waals surface area (Å²) in [5, 5.41) is 2.78. The highest BCUT2D eigenvalue weighted by molar-refractivity contribution is 6.29. The monoisotopic (exact) mass is 347 g/mol. The average molecular weight is 348 g/mol. The quantitative estimate of drug-likeness (QED) is 0.830. The number of hydrogen-bond donors (Lipinski definition) is 2. The molecule has 2 N–H and O–H groups in total. The average Bonchev–Trinajstić information content (AvgIpc) is 2.93. The van der Waals surface area contributed by atoms with E-state index in [1.807, 2.05) is 12.1 Å². The van der Waals surface area contributed by atoms with Gasteiger partial charge >= 0.3 is 6.09 Å². The number of H-pyrrole nitrogens is 1. The second-order valence-corrected chi connectivity index (χ2v) is 5.68. The van der Waals surface area contributed by atoms with Gasteiger partial charge in [-0.2, -0.15) is 0 Å². The lowest BCUT2D eigenvalue weighted by Gasteiger charge is -2.13. The molecule has 1 fully saturated rings. The Hall–Kier alpha value is -2.80. The Kier molecular flexibility index (Phi) is 4.52. The van der Waals surface area contributed by atoms with Crippen molar-refractivity contribution in [2.45, 2.75) is 6.54 Å². The van der Waals surface area contributed by atoms with Gasteiger partial charge in [-0.15, -0.1) is 0 Å². The summed E-state index contributed by atoms with van der Waals surface area (Å²) in [6, 6.07) is 9.63. The Morgan fingerprint density at radius 3 is 2.62 bits per heavy atom. The van der Waals surface area contributed by atoms with E-state index in [2.05, 4.69) is 10.3 Å². The highest BCUT2D eigenvalue weighted by Crippen LogP contribution is 2.15. The summed E-state index contributed by atoms with van der Waals surface area (Å²) in [7, 11) is 0. The number of ether oxygens (including phenoxy) is 1. The number of aromatic amines is 1. The normalized spacial score (nSPS) is 13.7. The van der Waals surface area contributed by atoms with Crippen molar-refractivity contribution >= 4 is 29.3 Å². The Labute approximate surface area is 142 Å². The molecular formula is C16H14ClN3O4. The molecule has 0 spiro atoms. The molecule has 3 rings (SSSR count). The first-order valence-electron chi connectivity index (χ1n) is 7.23. The molecule has 24 heavy (non-hydrogen) atoms. The number of nitrogens with zero attached hydrogens (tertiary/aromatic N) is 1. The van der Waals surface area contributed by atoms with E-state index < -0.39 is 11.5 Å². The van der Waals surface area contributed by atoms with E-state index in [-0.39, 0.29) is 16.8 Å². The predicted octanol–water partition coefficient (Wildman–Crippen LogP) is 2.23. The van der Waals surface area contributed by atoms with E-state index >= 15 is 0 Å². The third-order valence-corrected chi connectivity index (χ3v) is 3.71. The molecule has 1 saturated heterocycles. The van der Waals surface area contributed by atoms with E-state index in [9.17, 15) is 14.4 Å². The van der Waals surface area contributed by atoms with E-state index in [0.717, 1.165) is 5.56 Å². The Balaban J connectivity index is 1.66. The molecule has 0 radical (unpaired) electrons. The summed E-state index contributed by atoms with van der Waals surface area (Å²) in [5.41, 5.74) is 1.23. The van der Waals surface area contributed by atoms with Crippen LogP contribution in [-0.2, 0) is 11.3 Å². The molecule has 0 bridgehead atoms. The molecule has 1 aromatic carbocycles. The van der Waals surface area contributed by atoms with Crippen LogP contribution in [0.1, 0.15) is 15.9 Å². The van der Waals surface area contributed by atoms with E-state index in [4.69, 9.17) is 16.3 Å². The standard InChI is InChI=1S/C16H14ClN3O4/c17-13-7-11(8-14(21)19-13)15(22)18-12-3-1-10(2-4-12)9-20-5-6-24-16(20)23/h1-4,7-8H,5-6,9H2,(H,18,22)(H,19,21). The van der Waals surface area contributed by atoms with Gasteiger partial charge in [0.2, 0.25) is 5.56 Å². The summed E-state index contributed by atoms with van der Waals surface area (Å²) in [4.78, 5) is 38.9. The van der Waals surface area contributed by atoms with Gasteiger partial charge in [0, 0.05) is 23.9 Å². The minimum absolute atomic E-state index is 0.0977. The smallest absolute Gasteiger partial charge is 0.410 e. The number of pyridine rings is 1. The predicted molar refractivity (Wildman–Crippen MR) is 88.2 cm³/mol. The van der Waals surface area contributed by atoms with Gasteiger partial charge in [0.05, 0.1) is 6.54 Å². The van der Waals surface area contributed by atoms with Crippen LogP contribution in [-0.4, -0.2) is 35.0 Å². The summed E-state index contributed by atoms with van der Waals surface area (Å²) < 4.78 is 4.87. The fourth-order valence-electron chi connectivity index (χ4n) is 2.33. The van der Waals surface area contributed by atoms with Crippen molar-refractivity contribution < 1.29 is 14.3 Å². The number of carbonyl (C=O) groups excluding carboxylic acids is 2. The number of hydrogen-bond acceptors (Lipinski definition) is 4. The lowest BCUT2D eigenvalue weighted by molar-refractivity contribution is 0.102. The number of carbonyl (C=O) groups is 2. The highest BCUT2D eigenvalue weighted by atomic mass is 35.5. The number of amides is 2. The minimum Gasteiger partial charge on any atom is -0.448 e. The fourth-order valence-corrected chi connectivity index (χ4v) is 2.54. The Morgan fingerprint density at radius 2 is 2.00 bits per heavy atom. The maximum atomic E-state index is 12.1. The van der Waals surface area contributed by atoms with Crippen LogP contribution < -0.4 is 10.9 Å². The van der Waals surface area contributed by atoms with Crippen LogP contribution in [0.25, 0.3) is 0 Å². The first kappa shape index (κ1) is 16.1. The van der Waals surface area contributed by atoms with Crippen LogP contribution in [0.15, 0.2) is 41.2 Å². The van der Waals surface area contributed by atoms with Crippen molar-refractivity contribution in [3.8, 4) is 0 Å². The highest BCUT2D eigenvalue weighted by Gasteiger charge is 2.21. The fraction of sp³-hybridized carbons (Fsp3) is 0.188. The van der Waals surface area contributed by atoms with Crippen LogP contribution in [0.5, 0.6) is 0 Å². The van der Waals surface area contributed by atoms with E-state index in [0.29, 0.717) is 25.4 Å². The second-order valence-electron chi connectivity index (χ2n) is 5.27. The molecule has 8 heteroatoms. The molecule has 2 heterocycles. The zero-order valence-corrected chi connectivity index (χ0v) is 13.3. The molecule has 0 saturated carbocycles. The Morgan fingerprint density at radius 1 is 1.25 bits per heavy atom. The van der Waals surface area contributed by atoms with Crippen molar-refractivity contribution in [1.29, 1.82) is 0 Å². The van der Waals surface area contributed by atoms with Crippen LogP contribution in [0.4, 0.5) is 10.5 Å². The van der Waals surface area contributed by atoms with Crippen molar-refractivity contribution in [1.82, 2.24) is 9.88 Å². The van der Waals surface area contributed by atoms with Crippen molar-refractivity contribution in [3.05, 3.63) is 63.0 Å². The van der Waals surface area contributed by atoms with Gasteiger partial charge in [-0.1, -0.05) is 23.7 Å². The van der Waals surface area contributed by atoms with Crippen LogP contribution in [0.3, 0.4) is 0 Å². The largest absolute Gasteiger partial charge is 0.448 e. The molecule has 124 valence electrons. The second kappa shape index (κ2) is 6.76. The summed E-state index contributed by atoms with van der Waals surface area (Å²) >= 11 is 5.73. The number of nitrogens with one attached hydrogen (secondary N) is 2. The zero-order chi connectivity index (χ0) is 17.1. The van der Waals surface area contributed by atoms with Gasteiger partial charge in [-0.25, -0.2) is 4.79 Å². The number of cyclic esters (lactones) is 1. The van der Waals surface area contributed by atoms with Gasteiger partial charge in [0.1, 0.15) is 11.8 Å². The molecule has 1 aromatic heterocycles. The van der Waals surface area contributed by atoms with E-state index in [1.165, 1.54) is 12.1 Å². The lowest BCUT2D eigenvalue weighted by Crippen LogP contribution is -2.23. The maximum Gasteiger partial charge on any atom is 0.410 e. The molecule has 0 atom stereocenters. The first-order chi connectivity index (χ1) is 11.5. The van der Waals surface area contributed by atoms with Gasteiger partial charge in [0.15, 0.2) is 0 Å². The van der Waals surface area contributed by atoms with Gasteiger partial charge < -0.3 is 19.9 Å². The molecule has 0 unspecified atom stereocenters. The molecule has 7 nitrogen and oxygen atoms in total. The van der Waals surface area contributed by atoms with Crippen molar-refractivity contribution in [2.75, 3.05) is 18.5 Å². The molecule has 0 aliphatic carbocycles. The van der Waals surface area contributed by atoms with Crippen LogP contribution >= 0.6 is 11.6 Å². The summed E-state index contributed by atoms with van der Waals surface area (Å²) in [6.07, 6.45) is -0.321. The molecule has 2 amide bonds. The third kappa shape index (κ3) is 3.75. The number of aromatic nitrogens is 1. The molecular weight excluding hydrogens is 334 g/mol. The Bertz CT molecular complexity index is 832. The van der Waals surface area contributed by atoms with Gasteiger partial charge in [-0.3, -0.25) is 9.59 Å². The number of anilines is 1. The van der Waals surface area contributed by atoms with Crippen molar-refractivity contribution in [3.63, 3.8) is 0 Å². The zero-order valence-electron chi connectivity index (χ0n) is 12.5. The van der Waals surface area contributed by atoms with Crippen LogP contribution in [0, 0.1) is 0 Å². The maximum absolute atomic E-state index is 12.1. The molecule has 1 aliphatic rings. The van der Waals surface area contributed by atoms with E-state index in [1.54, 1.807) is 17.0 Å². The van der Waals surface area contributed by atoms with Gasteiger partial charge in [0.25, 0.3) is 5.91 Å². The van der Waals surface area contributed by atoms with Crippen LogP contribution in [0.2, 0.25) is 5.15 Å². The summed E-state index contributed by atoms with van der Waals surface area (Å²) in [5.74, 6) is -0.432. The number of benzene rings is 1.